The Balaban J connectivity index is 1.66. The number of amides is 1. The van der Waals surface area contributed by atoms with E-state index in [4.69, 9.17) is 14.2 Å². The Morgan fingerprint density at radius 2 is 1.83 bits per heavy atom. The maximum Gasteiger partial charge on any atom is 0.224 e. The summed E-state index contributed by atoms with van der Waals surface area (Å²) in [5.41, 5.74) is 0.821. The SMILES string of the molecule is COc1cc(CC(=O)NCC(c2cccs2)N2CCC(C)CC2)cc(OC)c1OC. The predicted octanol–water partition coefficient (Wildman–Crippen LogP) is 3.91. The van der Waals surface area contributed by atoms with E-state index in [2.05, 4.69) is 34.7 Å². The zero-order valence-electron chi connectivity index (χ0n) is 18.3. The summed E-state index contributed by atoms with van der Waals surface area (Å²) in [6.45, 7) is 5.08. The number of nitrogens with zero attached hydrogens (tertiary/aromatic N) is 1. The van der Waals surface area contributed by atoms with Crippen LogP contribution in [0.15, 0.2) is 29.6 Å². The topological polar surface area (TPSA) is 60.0 Å². The molecule has 0 spiro atoms. The average molecular weight is 433 g/mol. The zero-order valence-corrected chi connectivity index (χ0v) is 19.1. The number of rotatable bonds is 9. The van der Waals surface area contributed by atoms with Crippen LogP contribution in [0.1, 0.15) is 36.2 Å². The smallest absolute Gasteiger partial charge is 0.224 e. The quantitative estimate of drug-likeness (QED) is 0.651. The second kappa shape index (κ2) is 10.7. The van der Waals surface area contributed by atoms with E-state index in [0.29, 0.717) is 23.8 Å². The second-order valence-electron chi connectivity index (χ2n) is 7.76. The van der Waals surface area contributed by atoms with Gasteiger partial charge in [-0.15, -0.1) is 11.3 Å². The molecular formula is C23H32N2O4S. The number of ether oxygens (including phenoxy) is 3. The minimum atomic E-state index is -0.0174. The van der Waals surface area contributed by atoms with Crippen molar-refractivity contribution in [2.45, 2.75) is 32.2 Å². The Morgan fingerprint density at radius 1 is 1.17 bits per heavy atom. The third-order valence-corrected chi connectivity index (χ3v) is 6.69. The van der Waals surface area contributed by atoms with E-state index in [9.17, 15) is 4.79 Å². The minimum Gasteiger partial charge on any atom is -0.493 e. The van der Waals surface area contributed by atoms with Crippen LogP contribution in [0.25, 0.3) is 0 Å². The first-order chi connectivity index (χ1) is 14.5. The minimum absolute atomic E-state index is 0.0174. The molecule has 164 valence electrons. The predicted molar refractivity (Wildman–Crippen MR) is 120 cm³/mol. The molecule has 0 radical (unpaired) electrons. The summed E-state index contributed by atoms with van der Waals surface area (Å²) in [5.74, 6) is 2.40. The molecule has 0 saturated carbocycles. The highest BCUT2D eigenvalue weighted by atomic mass is 32.1. The summed E-state index contributed by atoms with van der Waals surface area (Å²) in [6.07, 6.45) is 2.67. The largest absolute Gasteiger partial charge is 0.493 e. The van der Waals surface area contributed by atoms with E-state index < -0.39 is 0 Å². The number of thiophene rings is 1. The van der Waals surface area contributed by atoms with Crippen molar-refractivity contribution in [2.75, 3.05) is 41.0 Å². The molecule has 2 aromatic rings. The molecule has 0 aliphatic carbocycles. The Bertz CT molecular complexity index is 792. The average Bonchev–Trinajstić information content (AvgIpc) is 3.28. The fraction of sp³-hybridized carbons (Fsp3) is 0.522. The highest BCUT2D eigenvalue weighted by Crippen LogP contribution is 2.38. The molecule has 1 saturated heterocycles. The molecule has 7 heteroatoms. The fourth-order valence-electron chi connectivity index (χ4n) is 3.93. The molecule has 6 nitrogen and oxygen atoms in total. The molecule has 1 aliphatic rings. The molecule has 1 fully saturated rings. The van der Waals surface area contributed by atoms with Gasteiger partial charge in [0.25, 0.3) is 0 Å². The van der Waals surface area contributed by atoms with Gasteiger partial charge in [-0.1, -0.05) is 13.0 Å². The summed E-state index contributed by atoms with van der Waals surface area (Å²) in [7, 11) is 4.72. The number of methoxy groups -OCH3 is 3. The molecule has 0 bridgehead atoms. The van der Waals surface area contributed by atoms with Crippen LogP contribution in [0.5, 0.6) is 17.2 Å². The van der Waals surface area contributed by atoms with Gasteiger partial charge in [0.05, 0.1) is 33.8 Å². The van der Waals surface area contributed by atoms with E-state index >= 15 is 0 Å². The van der Waals surface area contributed by atoms with Gasteiger partial charge in [0.1, 0.15) is 0 Å². The summed E-state index contributed by atoms with van der Waals surface area (Å²) in [5, 5.41) is 5.25. The van der Waals surface area contributed by atoms with Crippen molar-refractivity contribution in [1.29, 1.82) is 0 Å². The van der Waals surface area contributed by atoms with E-state index in [1.54, 1.807) is 32.7 Å². The van der Waals surface area contributed by atoms with Gasteiger partial charge in [-0.2, -0.15) is 0 Å². The maximum atomic E-state index is 12.7. The number of carbonyl (C=O) groups excluding carboxylic acids is 1. The lowest BCUT2D eigenvalue weighted by Gasteiger charge is -2.36. The van der Waals surface area contributed by atoms with Gasteiger partial charge in [-0.25, -0.2) is 0 Å². The highest BCUT2D eigenvalue weighted by Gasteiger charge is 2.26. The van der Waals surface area contributed by atoms with Crippen molar-refractivity contribution in [3.05, 3.63) is 40.1 Å². The summed E-state index contributed by atoms with van der Waals surface area (Å²) in [6, 6.07) is 8.12. The van der Waals surface area contributed by atoms with Gasteiger partial charge in [0.2, 0.25) is 11.7 Å². The number of hydrogen-bond acceptors (Lipinski definition) is 6. The van der Waals surface area contributed by atoms with Crippen LogP contribution in [0.2, 0.25) is 0 Å². The number of nitrogens with one attached hydrogen (secondary N) is 1. The molecule has 1 aromatic heterocycles. The first-order valence-electron chi connectivity index (χ1n) is 10.4. The first-order valence-corrected chi connectivity index (χ1v) is 11.3. The van der Waals surface area contributed by atoms with Gasteiger partial charge >= 0.3 is 0 Å². The van der Waals surface area contributed by atoms with Crippen LogP contribution in [0.4, 0.5) is 0 Å². The molecule has 1 unspecified atom stereocenters. The van der Waals surface area contributed by atoms with Crippen molar-refractivity contribution >= 4 is 17.2 Å². The monoisotopic (exact) mass is 432 g/mol. The number of carbonyl (C=O) groups is 1. The van der Waals surface area contributed by atoms with Crippen molar-refractivity contribution in [2.24, 2.45) is 5.92 Å². The molecule has 1 aromatic carbocycles. The summed E-state index contributed by atoms with van der Waals surface area (Å²) >= 11 is 1.76. The van der Waals surface area contributed by atoms with E-state index in [-0.39, 0.29) is 18.4 Å². The lowest BCUT2D eigenvalue weighted by Crippen LogP contribution is -2.41. The Kier molecular flexibility index (Phi) is 7.99. The number of benzene rings is 1. The zero-order chi connectivity index (χ0) is 21.5. The lowest BCUT2D eigenvalue weighted by molar-refractivity contribution is -0.120. The van der Waals surface area contributed by atoms with Crippen molar-refractivity contribution in [1.82, 2.24) is 10.2 Å². The molecule has 30 heavy (non-hydrogen) atoms. The number of hydrogen-bond donors (Lipinski definition) is 1. The van der Waals surface area contributed by atoms with Gasteiger partial charge < -0.3 is 19.5 Å². The Labute approximate surface area is 183 Å². The Morgan fingerprint density at radius 3 is 2.37 bits per heavy atom. The molecule has 1 amide bonds. The highest BCUT2D eigenvalue weighted by molar-refractivity contribution is 7.10. The third kappa shape index (κ3) is 5.46. The van der Waals surface area contributed by atoms with Gasteiger partial charge in [-0.3, -0.25) is 9.69 Å². The van der Waals surface area contributed by atoms with Crippen LogP contribution in [0.3, 0.4) is 0 Å². The molecule has 1 N–H and O–H groups in total. The fourth-order valence-corrected chi connectivity index (χ4v) is 4.79. The van der Waals surface area contributed by atoms with Crippen LogP contribution in [-0.4, -0.2) is 51.8 Å². The van der Waals surface area contributed by atoms with Crippen LogP contribution in [0, 0.1) is 5.92 Å². The molecule has 1 atom stereocenters. The number of likely N-dealkylation sites (tertiary alicyclic amines) is 1. The molecule has 1 aliphatic heterocycles. The molecular weight excluding hydrogens is 400 g/mol. The third-order valence-electron chi connectivity index (χ3n) is 5.71. The van der Waals surface area contributed by atoms with E-state index in [1.165, 1.54) is 17.7 Å². The van der Waals surface area contributed by atoms with Crippen molar-refractivity contribution in [3.63, 3.8) is 0 Å². The summed E-state index contributed by atoms with van der Waals surface area (Å²) < 4.78 is 16.1. The van der Waals surface area contributed by atoms with E-state index in [1.807, 2.05) is 12.1 Å². The molecule has 3 rings (SSSR count). The van der Waals surface area contributed by atoms with Crippen LogP contribution in [-0.2, 0) is 11.2 Å². The standard InChI is InChI=1S/C23H32N2O4S/c1-16-7-9-25(10-8-16)18(21-6-5-11-30-21)15-24-22(26)14-17-12-19(27-2)23(29-4)20(13-17)28-3/h5-6,11-13,16,18H,7-10,14-15H2,1-4H3,(H,24,26). The van der Waals surface area contributed by atoms with E-state index in [0.717, 1.165) is 24.6 Å². The molecule has 2 heterocycles. The van der Waals surface area contributed by atoms with Crippen molar-refractivity contribution in [3.8, 4) is 17.2 Å². The van der Waals surface area contributed by atoms with Gasteiger partial charge in [-0.05, 0) is 61.0 Å². The second-order valence-corrected chi connectivity index (χ2v) is 8.74. The van der Waals surface area contributed by atoms with Crippen molar-refractivity contribution < 1.29 is 19.0 Å². The maximum absolute atomic E-state index is 12.7. The van der Waals surface area contributed by atoms with Crippen LogP contribution < -0.4 is 19.5 Å². The summed E-state index contributed by atoms with van der Waals surface area (Å²) in [4.78, 5) is 16.5. The number of piperidine rings is 1. The Hall–Kier alpha value is -2.25. The normalized spacial score (nSPS) is 16.1. The first kappa shape index (κ1) is 22.4. The van der Waals surface area contributed by atoms with Gasteiger partial charge in [0.15, 0.2) is 11.5 Å². The lowest BCUT2D eigenvalue weighted by atomic mass is 9.97. The van der Waals surface area contributed by atoms with Crippen LogP contribution >= 0.6 is 11.3 Å². The van der Waals surface area contributed by atoms with Gasteiger partial charge in [0, 0.05) is 11.4 Å².